The minimum Gasteiger partial charge on any atom is -0.347 e. The number of nitrogens with one attached hydrogen (secondary N) is 1. The first-order chi connectivity index (χ1) is 9.65. The van der Waals surface area contributed by atoms with Gasteiger partial charge in [-0.2, -0.15) is 5.10 Å². The van der Waals surface area contributed by atoms with E-state index in [2.05, 4.69) is 26.3 Å². The second-order valence-electron chi connectivity index (χ2n) is 4.46. The molecule has 1 aromatic heterocycles. The van der Waals surface area contributed by atoms with Crippen molar-refractivity contribution in [2.45, 2.75) is 33.4 Å². The molecule has 0 aliphatic carbocycles. The monoisotopic (exact) mass is 335 g/mol. The van der Waals surface area contributed by atoms with Crippen molar-refractivity contribution in [3.05, 3.63) is 51.8 Å². The van der Waals surface area contributed by atoms with E-state index in [1.54, 1.807) is 4.68 Å². The van der Waals surface area contributed by atoms with Gasteiger partial charge in [0, 0.05) is 17.6 Å². The standard InChI is InChI=1S/C15H18BrN3O/c1-3-12-9-14(19(4-2)18-12)15(20)17-10-11-7-5-6-8-13(11)16/h5-9H,3-4,10H2,1-2H3,(H,17,20). The predicted octanol–water partition coefficient (Wildman–Crippen LogP) is 3.16. The van der Waals surface area contributed by atoms with E-state index in [1.165, 1.54) is 0 Å². The topological polar surface area (TPSA) is 46.9 Å². The largest absolute Gasteiger partial charge is 0.347 e. The Hall–Kier alpha value is -1.62. The Labute approximate surface area is 127 Å². The summed E-state index contributed by atoms with van der Waals surface area (Å²) in [6.45, 7) is 5.20. The van der Waals surface area contributed by atoms with Gasteiger partial charge in [0.05, 0.1) is 5.69 Å². The van der Waals surface area contributed by atoms with Crippen LogP contribution in [0.4, 0.5) is 0 Å². The van der Waals surface area contributed by atoms with E-state index in [9.17, 15) is 4.79 Å². The number of hydrogen-bond donors (Lipinski definition) is 1. The minimum atomic E-state index is -0.0881. The van der Waals surface area contributed by atoms with Crippen LogP contribution in [0.25, 0.3) is 0 Å². The summed E-state index contributed by atoms with van der Waals surface area (Å²) in [5.74, 6) is -0.0881. The van der Waals surface area contributed by atoms with Crippen LogP contribution in [-0.4, -0.2) is 15.7 Å². The highest BCUT2D eigenvalue weighted by Gasteiger charge is 2.13. The van der Waals surface area contributed by atoms with Crippen molar-refractivity contribution in [3.63, 3.8) is 0 Å². The molecule has 0 saturated carbocycles. The van der Waals surface area contributed by atoms with E-state index in [-0.39, 0.29) is 5.91 Å². The van der Waals surface area contributed by atoms with Gasteiger partial charge in [-0.1, -0.05) is 41.1 Å². The fourth-order valence-corrected chi connectivity index (χ4v) is 2.40. The van der Waals surface area contributed by atoms with Gasteiger partial charge in [-0.3, -0.25) is 9.48 Å². The van der Waals surface area contributed by atoms with Crippen LogP contribution in [0.1, 0.15) is 35.6 Å². The van der Waals surface area contributed by atoms with Crippen LogP contribution in [0, 0.1) is 0 Å². The Kier molecular flexibility index (Phi) is 4.95. The number of carbonyl (C=O) groups excluding carboxylic acids is 1. The van der Waals surface area contributed by atoms with E-state index in [0.717, 1.165) is 22.2 Å². The van der Waals surface area contributed by atoms with Gasteiger partial charge in [0.15, 0.2) is 0 Å². The average Bonchev–Trinajstić information content (AvgIpc) is 2.89. The Bertz CT molecular complexity index is 607. The number of hydrogen-bond acceptors (Lipinski definition) is 2. The SMILES string of the molecule is CCc1cc(C(=O)NCc2ccccc2Br)n(CC)n1. The zero-order chi connectivity index (χ0) is 14.5. The van der Waals surface area contributed by atoms with Gasteiger partial charge < -0.3 is 5.32 Å². The number of carbonyl (C=O) groups is 1. The molecule has 0 aliphatic rings. The lowest BCUT2D eigenvalue weighted by Crippen LogP contribution is -2.25. The maximum Gasteiger partial charge on any atom is 0.269 e. The molecule has 1 N–H and O–H groups in total. The molecule has 1 heterocycles. The van der Waals surface area contributed by atoms with Crippen LogP contribution in [0.5, 0.6) is 0 Å². The lowest BCUT2D eigenvalue weighted by Gasteiger charge is -2.08. The van der Waals surface area contributed by atoms with E-state index in [0.29, 0.717) is 18.8 Å². The molecule has 2 rings (SSSR count). The van der Waals surface area contributed by atoms with Crippen molar-refractivity contribution >= 4 is 21.8 Å². The smallest absolute Gasteiger partial charge is 0.269 e. The molecule has 1 aromatic carbocycles. The van der Waals surface area contributed by atoms with Crippen molar-refractivity contribution in [3.8, 4) is 0 Å². The van der Waals surface area contributed by atoms with Crippen LogP contribution in [-0.2, 0) is 19.5 Å². The average molecular weight is 336 g/mol. The zero-order valence-corrected chi connectivity index (χ0v) is 13.3. The Morgan fingerprint density at radius 2 is 2.10 bits per heavy atom. The molecule has 0 saturated heterocycles. The molecule has 0 spiro atoms. The lowest BCUT2D eigenvalue weighted by atomic mass is 10.2. The van der Waals surface area contributed by atoms with Gasteiger partial charge in [0.1, 0.15) is 5.69 Å². The molecule has 1 amide bonds. The predicted molar refractivity (Wildman–Crippen MR) is 82.6 cm³/mol. The van der Waals surface area contributed by atoms with Gasteiger partial charge in [-0.05, 0) is 31.0 Å². The third-order valence-corrected chi connectivity index (χ3v) is 3.90. The summed E-state index contributed by atoms with van der Waals surface area (Å²) >= 11 is 3.48. The van der Waals surface area contributed by atoms with Crippen LogP contribution in [0.15, 0.2) is 34.8 Å². The first-order valence-corrected chi connectivity index (χ1v) is 7.53. The van der Waals surface area contributed by atoms with Crippen molar-refractivity contribution in [2.24, 2.45) is 0 Å². The molecule has 0 fully saturated rings. The minimum absolute atomic E-state index is 0.0881. The number of halogens is 1. The molecule has 2 aromatic rings. The summed E-state index contributed by atoms with van der Waals surface area (Å²) in [5.41, 5.74) is 2.62. The normalized spacial score (nSPS) is 10.6. The van der Waals surface area contributed by atoms with Crippen molar-refractivity contribution in [1.29, 1.82) is 0 Å². The summed E-state index contributed by atoms with van der Waals surface area (Å²) < 4.78 is 2.74. The molecule has 0 bridgehead atoms. The lowest BCUT2D eigenvalue weighted by molar-refractivity contribution is 0.0940. The second kappa shape index (κ2) is 6.70. The molecule has 0 unspecified atom stereocenters. The van der Waals surface area contributed by atoms with E-state index in [4.69, 9.17) is 0 Å². The first-order valence-electron chi connectivity index (χ1n) is 6.74. The fraction of sp³-hybridized carbons (Fsp3) is 0.333. The van der Waals surface area contributed by atoms with Gasteiger partial charge in [0.25, 0.3) is 5.91 Å². The van der Waals surface area contributed by atoms with Crippen molar-refractivity contribution in [1.82, 2.24) is 15.1 Å². The highest BCUT2D eigenvalue weighted by atomic mass is 79.9. The fourth-order valence-electron chi connectivity index (χ4n) is 1.97. The van der Waals surface area contributed by atoms with Gasteiger partial charge in [0.2, 0.25) is 0 Å². The summed E-state index contributed by atoms with van der Waals surface area (Å²) in [7, 11) is 0. The van der Waals surface area contributed by atoms with Gasteiger partial charge in [-0.15, -0.1) is 0 Å². The molecule has 5 heteroatoms. The molecule has 0 radical (unpaired) electrons. The highest BCUT2D eigenvalue weighted by molar-refractivity contribution is 9.10. The maximum absolute atomic E-state index is 12.3. The Balaban J connectivity index is 2.09. The van der Waals surface area contributed by atoms with Crippen LogP contribution >= 0.6 is 15.9 Å². The van der Waals surface area contributed by atoms with Crippen molar-refractivity contribution < 1.29 is 4.79 Å². The van der Waals surface area contributed by atoms with Gasteiger partial charge >= 0.3 is 0 Å². The van der Waals surface area contributed by atoms with E-state index in [1.807, 2.05) is 44.2 Å². The maximum atomic E-state index is 12.3. The molecule has 20 heavy (non-hydrogen) atoms. The molecule has 0 aliphatic heterocycles. The third kappa shape index (κ3) is 3.28. The molecule has 0 atom stereocenters. The number of benzene rings is 1. The number of aryl methyl sites for hydroxylation is 2. The van der Waals surface area contributed by atoms with E-state index >= 15 is 0 Å². The Morgan fingerprint density at radius 1 is 1.35 bits per heavy atom. The van der Waals surface area contributed by atoms with Crippen LogP contribution in [0.3, 0.4) is 0 Å². The molecular formula is C15H18BrN3O. The van der Waals surface area contributed by atoms with E-state index < -0.39 is 0 Å². The number of rotatable bonds is 5. The third-order valence-electron chi connectivity index (χ3n) is 3.12. The van der Waals surface area contributed by atoms with Crippen molar-refractivity contribution in [2.75, 3.05) is 0 Å². The number of aromatic nitrogens is 2. The zero-order valence-electron chi connectivity index (χ0n) is 11.7. The first kappa shape index (κ1) is 14.8. The van der Waals surface area contributed by atoms with Crippen LogP contribution in [0.2, 0.25) is 0 Å². The molecule has 106 valence electrons. The van der Waals surface area contributed by atoms with Crippen LogP contribution < -0.4 is 5.32 Å². The van der Waals surface area contributed by atoms with Gasteiger partial charge in [-0.25, -0.2) is 0 Å². The quantitative estimate of drug-likeness (QED) is 0.912. The summed E-state index contributed by atoms with van der Waals surface area (Å²) in [6, 6.07) is 9.72. The molecule has 4 nitrogen and oxygen atoms in total. The number of amides is 1. The second-order valence-corrected chi connectivity index (χ2v) is 5.32. The summed E-state index contributed by atoms with van der Waals surface area (Å²) in [5, 5.41) is 7.33. The molecular weight excluding hydrogens is 318 g/mol. The Morgan fingerprint density at radius 3 is 2.75 bits per heavy atom. The summed E-state index contributed by atoms with van der Waals surface area (Å²) in [4.78, 5) is 12.3. The summed E-state index contributed by atoms with van der Waals surface area (Å²) in [6.07, 6.45) is 0.831. The highest BCUT2D eigenvalue weighted by Crippen LogP contribution is 2.15. The number of nitrogens with zero attached hydrogens (tertiary/aromatic N) is 2.